The molecule has 2 amide bonds. The molecule has 172 valence electrons. The Morgan fingerprint density at radius 2 is 2.00 bits per heavy atom. The summed E-state index contributed by atoms with van der Waals surface area (Å²) in [6, 6.07) is 9.91. The molecule has 33 heavy (non-hydrogen) atoms. The molecule has 4 rings (SSSR count). The molecule has 3 heterocycles. The van der Waals surface area contributed by atoms with Crippen LogP contribution in [0.5, 0.6) is 11.6 Å². The van der Waals surface area contributed by atoms with Crippen molar-refractivity contribution in [2.75, 3.05) is 19.6 Å². The van der Waals surface area contributed by atoms with Crippen LogP contribution in [-0.4, -0.2) is 57.5 Å². The number of benzene rings is 1. The zero-order valence-electron chi connectivity index (χ0n) is 17.2. The van der Waals surface area contributed by atoms with Gasteiger partial charge in [-0.15, -0.1) is 0 Å². The van der Waals surface area contributed by atoms with Crippen molar-refractivity contribution >= 4 is 22.7 Å². The number of pyridine rings is 2. The van der Waals surface area contributed by atoms with E-state index < -0.39 is 23.8 Å². The van der Waals surface area contributed by atoms with Crippen LogP contribution in [0.1, 0.15) is 22.5 Å². The number of ether oxygens (including phenoxy) is 1. The van der Waals surface area contributed by atoms with Crippen molar-refractivity contribution in [2.45, 2.75) is 18.7 Å². The van der Waals surface area contributed by atoms with E-state index in [0.29, 0.717) is 35.8 Å². The van der Waals surface area contributed by atoms with Gasteiger partial charge >= 0.3 is 6.18 Å². The maximum Gasteiger partial charge on any atom is 0.417 e. The molecular formula is C22H19F3N4O4. The molecular weight excluding hydrogens is 441 g/mol. The van der Waals surface area contributed by atoms with Crippen LogP contribution >= 0.6 is 0 Å². The molecule has 0 aliphatic carbocycles. The minimum atomic E-state index is -4.48. The third-order valence-electron chi connectivity index (χ3n) is 5.10. The van der Waals surface area contributed by atoms with Crippen molar-refractivity contribution in [2.24, 2.45) is 0 Å². The fraction of sp³-hybridized carbons (Fsp3) is 0.273. The lowest BCUT2D eigenvalue weighted by molar-refractivity contribution is -0.137. The largest absolute Gasteiger partial charge is 0.439 e. The summed E-state index contributed by atoms with van der Waals surface area (Å²) in [5.41, 5.74) is -0.262. The number of fused-ring (bicyclic) bond motifs is 1. The third-order valence-corrected chi connectivity index (χ3v) is 5.10. The molecule has 0 bridgehead atoms. The molecule has 1 unspecified atom stereocenters. The number of β-amino-alcohol motifs (C(OH)–C–C–N with tert-alkyl or cyclic N) is 1. The van der Waals surface area contributed by atoms with Gasteiger partial charge in [-0.05, 0) is 36.8 Å². The van der Waals surface area contributed by atoms with Crippen molar-refractivity contribution in [1.29, 1.82) is 0 Å². The summed E-state index contributed by atoms with van der Waals surface area (Å²) in [7, 11) is 0. The number of carbonyl (C=O) groups is 2. The minimum Gasteiger partial charge on any atom is -0.439 e. The van der Waals surface area contributed by atoms with Crippen molar-refractivity contribution < 1.29 is 32.6 Å². The van der Waals surface area contributed by atoms with E-state index in [9.17, 15) is 27.9 Å². The highest BCUT2D eigenvalue weighted by molar-refractivity contribution is 5.97. The number of hydrogen-bond acceptors (Lipinski definition) is 6. The van der Waals surface area contributed by atoms with Crippen LogP contribution in [0.25, 0.3) is 10.9 Å². The fourth-order valence-corrected chi connectivity index (χ4v) is 3.35. The molecule has 1 fully saturated rings. The molecule has 8 nitrogen and oxygen atoms in total. The first-order valence-electron chi connectivity index (χ1n) is 10.0. The van der Waals surface area contributed by atoms with Gasteiger partial charge in [-0.25, -0.2) is 9.97 Å². The summed E-state index contributed by atoms with van der Waals surface area (Å²) < 4.78 is 43.4. The van der Waals surface area contributed by atoms with Crippen molar-refractivity contribution in [3.8, 4) is 11.6 Å². The first-order chi connectivity index (χ1) is 15.7. The lowest BCUT2D eigenvalue weighted by Gasteiger charge is -2.15. The van der Waals surface area contributed by atoms with Crippen LogP contribution in [0.4, 0.5) is 13.2 Å². The molecule has 1 atom stereocenters. The maximum atomic E-state index is 12.6. The van der Waals surface area contributed by atoms with E-state index in [-0.39, 0.29) is 30.6 Å². The maximum absolute atomic E-state index is 12.6. The van der Waals surface area contributed by atoms with Gasteiger partial charge in [-0.3, -0.25) is 9.59 Å². The van der Waals surface area contributed by atoms with E-state index in [2.05, 4.69) is 15.3 Å². The average molecular weight is 460 g/mol. The Kier molecular flexibility index (Phi) is 6.14. The van der Waals surface area contributed by atoms with Crippen LogP contribution in [0.3, 0.4) is 0 Å². The molecule has 1 aliphatic rings. The summed E-state index contributed by atoms with van der Waals surface area (Å²) in [4.78, 5) is 33.9. The number of alkyl halides is 3. The Morgan fingerprint density at radius 1 is 1.18 bits per heavy atom. The van der Waals surface area contributed by atoms with Gasteiger partial charge in [0.2, 0.25) is 11.8 Å². The molecule has 1 saturated heterocycles. The summed E-state index contributed by atoms with van der Waals surface area (Å²) >= 11 is 0. The summed E-state index contributed by atoms with van der Waals surface area (Å²) in [6.07, 6.45) is -3.80. The molecule has 1 aliphatic heterocycles. The number of hydrogen-bond donors (Lipinski definition) is 2. The normalized spacial score (nSPS) is 16.1. The number of carbonyl (C=O) groups excluding carboxylic acids is 2. The average Bonchev–Trinajstić information content (AvgIpc) is 3.23. The van der Waals surface area contributed by atoms with Gasteiger partial charge in [0.1, 0.15) is 11.4 Å². The molecule has 2 aromatic heterocycles. The topological polar surface area (TPSA) is 105 Å². The standard InChI is InChI=1S/C22H19F3N4O4/c23-22(24,25)14-2-6-19(26-10-14)33-16-3-5-17-13(9-16)1-4-18(28-17)21(32)27-11-20(31)29-8-7-15(30)12-29/h1-6,9-10,15,30H,7-8,11-12H2,(H,27,32). The first-order valence-corrected chi connectivity index (χ1v) is 10.0. The van der Waals surface area contributed by atoms with Gasteiger partial charge in [0.15, 0.2) is 0 Å². The van der Waals surface area contributed by atoms with Crippen LogP contribution in [0.15, 0.2) is 48.7 Å². The lowest BCUT2D eigenvalue weighted by atomic mass is 10.2. The van der Waals surface area contributed by atoms with Crippen molar-refractivity contribution in [3.63, 3.8) is 0 Å². The smallest absolute Gasteiger partial charge is 0.417 e. The number of nitrogens with one attached hydrogen (secondary N) is 1. The quantitative estimate of drug-likeness (QED) is 0.607. The number of amides is 2. The highest BCUT2D eigenvalue weighted by Crippen LogP contribution is 2.30. The predicted molar refractivity (Wildman–Crippen MR) is 111 cm³/mol. The number of nitrogens with zero attached hydrogens (tertiary/aromatic N) is 3. The Bertz CT molecular complexity index is 1180. The minimum absolute atomic E-state index is 0.00138. The summed E-state index contributed by atoms with van der Waals surface area (Å²) in [5.74, 6) is -0.452. The molecule has 0 spiro atoms. The zero-order valence-corrected chi connectivity index (χ0v) is 17.2. The van der Waals surface area contributed by atoms with E-state index in [1.165, 1.54) is 11.0 Å². The second kappa shape index (κ2) is 9.02. The van der Waals surface area contributed by atoms with Gasteiger partial charge in [0.25, 0.3) is 5.91 Å². The summed E-state index contributed by atoms with van der Waals surface area (Å²) in [6.45, 7) is 0.518. The summed E-state index contributed by atoms with van der Waals surface area (Å²) in [5, 5.41) is 12.7. The van der Waals surface area contributed by atoms with E-state index in [1.54, 1.807) is 24.3 Å². The second-order valence-electron chi connectivity index (χ2n) is 7.50. The molecule has 11 heteroatoms. The van der Waals surface area contributed by atoms with Crippen LogP contribution in [-0.2, 0) is 11.0 Å². The van der Waals surface area contributed by atoms with Gasteiger partial charge in [-0.2, -0.15) is 13.2 Å². The van der Waals surface area contributed by atoms with Gasteiger partial charge < -0.3 is 20.1 Å². The highest BCUT2D eigenvalue weighted by Gasteiger charge is 2.30. The molecule has 1 aromatic carbocycles. The number of rotatable bonds is 5. The van der Waals surface area contributed by atoms with E-state index >= 15 is 0 Å². The molecule has 0 saturated carbocycles. The SMILES string of the molecule is O=C(NCC(=O)N1CCC(O)C1)c1ccc2cc(Oc3ccc(C(F)(F)F)cn3)ccc2n1. The Balaban J connectivity index is 1.40. The Morgan fingerprint density at radius 3 is 2.67 bits per heavy atom. The van der Waals surface area contributed by atoms with E-state index in [1.807, 2.05) is 0 Å². The number of halogens is 3. The van der Waals surface area contributed by atoms with Gasteiger partial charge in [0.05, 0.1) is 23.7 Å². The van der Waals surface area contributed by atoms with Gasteiger partial charge in [0, 0.05) is 30.7 Å². The second-order valence-corrected chi connectivity index (χ2v) is 7.50. The number of aliphatic hydroxyl groups excluding tert-OH is 1. The van der Waals surface area contributed by atoms with Gasteiger partial charge in [-0.1, -0.05) is 6.07 Å². The van der Waals surface area contributed by atoms with E-state index in [4.69, 9.17) is 4.74 Å². The molecule has 3 aromatic rings. The Hall–Kier alpha value is -3.73. The third kappa shape index (κ3) is 5.37. The highest BCUT2D eigenvalue weighted by atomic mass is 19.4. The zero-order chi connectivity index (χ0) is 23.6. The monoisotopic (exact) mass is 460 g/mol. The van der Waals surface area contributed by atoms with E-state index in [0.717, 1.165) is 12.1 Å². The van der Waals surface area contributed by atoms with Crippen molar-refractivity contribution in [3.05, 3.63) is 59.9 Å². The predicted octanol–water partition coefficient (Wildman–Crippen LogP) is 2.76. The first kappa shape index (κ1) is 22.5. The number of aliphatic hydroxyl groups is 1. The van der Waals surface area contributed by atoms with Crippen molar-refractivity contribution in [1.82, 2.24) is 20.2 Å². The lowest BCUT2D eigenvalue weighted by Crippen LogP contribution is -2.39. The Labute approximate surface area is 186 Å². The molecule has 2 N–H and O–H groups in total. The van der Waals surface area contributed by atoms with Crippen LogP contribution in [0, 0.1) is 0 Å². The number of aromatic nitrogens is 2. The van der Waals surface area contributed by atoms with Crippen LogP contribution in [0.2, 0.25) is 0 Å². The molecule has 0 radical (unpaired) electrons. The fourth-order valence-electron chi connectivity index (χ4n) is 3.35. The van der Waals surface area contributed by atoms with Crippen LogP contribution < -0.4 is 10.1 Å². The number of likely N-dealkylation sites (tertiary alicyclic amines) is 1.